The van der Waals surface area contributed by atoms with Crippen molar-refractivity contribution in [2.45, 2.75) is 12.4 Å². The SMILES string of the molecule is NC(=Nc1ccccc1)SCc1cc(Cl)cc2c1OCOC2. The van der Waals surface area contributed by atoms with Gasteiger partial charge in [-0.05, 0) is 24.3 Å². The molecule has 4 nitrogen and oxygen atoms in total. The summed E-state index contributed by atoms with van der Waals surface area (Å²) in [5, 5.41) is 1.18. The van der Waals surface area contributed by atoms with Crippen molar-refractivity contribution in [1.29, 1.82) is 0 Å². The minimum absolute atomic E-state index is 0.264. The summed E-state index contributed by atoms with van der Waals surface area (Å²) < 4.78 is 10.9. The van der Waals surface area contributed by atoms with Crippen molar-refractivity contribution in [2.24, 2.45) is 10.7 Å². The molecule has 1 aliphatic rings. The van der Waals surface area contributed by atoms with Crippen LogP contribution >= 0.6 is 23.4 Å². The van der Waals surface area contributed by atoms with E-state index >= 15 is 0 Å². The fourth-order valence-corrected chi connectivity index (χ4v) is 3.13. The van der Waals surface area contributed by atoms with Gasteiger partial charge in [0.2, 0.25) is 0 Å². The Kier molecular flexibility index (Phi) is 4.87. The highest BCUT2D eigenvalue weighted by atomic mass is 35.5. The summed E-state index contributed by atoms with van der Waals surface area (Å²) in [6.07, 6.45) is 0. The zero-order valence-corrected chi connectivity index (χ0v) is 13.4. The molecular weight excluding hydrogens is 320 g/mol. The van der Waals surface area contributed by atoms with Crippen molar-refractivity contribution in [3.63, 3.8) is 0 Å². The number of fused-ring (bicyclic) bond motifs is 1. The number of halogens is 1. The normalized spacial score (nSPS) is 14.3. The first-order valence-corrected chi connectivity index (χ1v) is 8.12. The van der Waals surface area contributed by atoms with E-state index in [1.165, 1.54) is 11.8 Å². The van der Waals surface area contributed by atoms with Crippen molar-refractivity contribution in [3.8, 4) is 5.75 Å². The molecule has 1 aliphatic heterocycles. The second-order valence-electron chi connectivity index (χ2n) is 4.74. The van der Waals surface area contributed by atoms with Crippen LogP contribution in [0.4, 0.5) is 5.69 Å². The lowest BCUT2D eigenvalue weighted by Crippen LogP contribution is -2.13. The lowest BCUT2D eigenvalue weighted by atomic mass is 10.1. The van der Waals surface area contributed by atoms with Gasteiger partial charge in [-0.15, -0.1) is 0 Å². The fourth-order valence-electron chi connectivity index (χ4n) is 2.18. The van der Waals surface area contributed by atoms with Crippen molar-refractivity contribution in [1.82, 2.24) is 0 Å². The topological polar surface area (TPSA) is 56.8 Å². The van der Waals surface area contributed by atoms with Gasteiger partial charge in [-0.2, -0.15) is 0 Å². The number of hydrogen-bond acceptors (Lipinski definition) is 4. The van der Waals surface area contributed by atoms with Crippen LogP contribution in [0.15, 0.2) is 47.5 Å². The first-order chi connectivity index (χ1) is 10.7. The molecule has 0 unspecified atom stereocenters. The molecule has 0 atom stereocenters. The van der Waals surface area contributed by atoms with Crippen LogP contribution in [-0.4, -0.2) is 12.0 Å². The molecule has 2 aromatic carbocycles. The van der Waals surface area contributed by atoms with Crippen LogP contribution in [0.5, 0.6) is 5.75 Å². The molecule has 2 N–H and O–H groups in total. The van der Waals surface area contributed by atoms with E-state index in [9.17, 15) is 0 Å². The van der Waals surface area contributed by atoms with Crippen LogP contribution in [-0.2, 0) is 17.1 Å². The summed E-state index contributed by atoms with van der Waals surface area (Å²) in [5.74, 6) is 1.49. The van der Waals surface area contributed by atoms with Gasteiger partial charge in [0, 0.05) is 21.9 Å². The van der Waals surface area contributed by atoms with Crippen LogP contribution < -0.4 is 10.5 Å². The summed E-state index contributed by atoms with van der Waals surface area (Å²) >= 11 is 7.60. The predicted molar refractivity (Wildman–Crippen MR) is 90.8 cm³/mol. The maximum absolute atomic E-state index is 6.15. The number of aliphatic imine (C=N–C) groups is 1. The quantitative estimate of drug-likeness (QED) is 0.678. The Morgan fingerprint density at radius 3 is 2.91 bits per heavy atom. The number of nitrogens with two attached hydrogens (primary N) is 1. The lowest BCUT2D eigenvalue weighted by Gasteiger charge is -2.20. The van der Waals surface area contributed by atoms with Crippen LogP contribution in [0, 0.1) is 0 Å². The summed E-state index contributed by atoms with van der Waals surface area (Å²) in [5.41, 5.74) is 8.79. The van der Waals surface area contributed by atoms with Crippen molar-refractivity contribution in [2.75, 3.05) is 6.79 Å². The molecule has 0 bridgehead atoms. The third-order valence-electron chi connectivity index (χ3n) is 3.12. The van der Waals surface area contributed by atoms with Gasteiger partial charge in [0.15, 0.2) is 12.0 Å². The van der Waals surface area contributed by atoms with Gasteiger partial charge in [0.05, 0.1) is 12.3 Å². The fraction of sp³-hybridized carbons (Fsp3) is 0.188. The Morgan fingerprint density at radius 2 is 2.09 bits per heavy atom. The minimum atomic E-state index is 0.264. The van der Waals surface area contributed by atoms with E-state index in [1.807, 2.05) is 42.5 Å². The summed E-state index contributed by atoms with van der Waals surface area (Å²) in [6, 6.07) is 13.4. The van der Waals surface area contributed by atoms with E-state index in [0.29, 0.717) is 22.6 Å². The van der Waals surface area contributed by atoms with Crippen molar-refractivity contribution >= 4 is 34.2 Å². The van der Waals surface area contributed by atoms with Gasteiger partial charge in [-0.25, -0.2) is 4.99 Å². The van der Waals surface area contributed by atoms with E-state index in [1.54, 1.807) is 0 Å². The zero-order chi connectivity index (χ0) is 15.4. The Bertz CT molecular complexity index is 692. The van der Waals surface area contributed by atoms with E-state index < -0.39 is 0 Å². The summed E-state index contributed by atoms with van der Waals surface area (Å²) in [6.45, 7) is 0.779. The van der Waals surface area contributed by atoms with E-state index in [4.69, 9.17) is 26.8 Å². The Morgan fingerprint density at radius 1 is 1.27 bits per heavy atom. The molecule has 2 aromatic rings. The second-order valence-corrected chi connectivity index (χ2v) is 6.17. The third kappa shape index (κ3) is 3.74. The third-order valence-corrected chi connectivity index (χ3v) is 4.18. The molecule has 0 saturated heterocycles. The van der Waals surface area contributed by atoms with Crippen molar-refractivity contribution < 1.29 is 9.47 Å². The number of thioether (sulfide) groups is 1. The molecule has 0 radical (unpaired) electrons. The van der Waals surface area contributed by atoms with E-state index in [-0.39, 0.29) is 6.79 Å². The predicted octanol–water partition coefficient (Wildman–Crippen LogP) is 4.09. The Labute approximate surface area is 138 Å². The average Bonchev–Trinajstić information content (AvgIpc) is 2.53. The van der Waals surface area contributed by atoms with Gasteiger partial charge >= 0.3 is 0 Å². The van der Waals surface area contributed by atoms with E-state index in [0.717, 1.165) is 22.6 Å². The maximum Gasteiger partial charge on any atom is 0.189 e. The molecule has 1 heterocycles. The first-order valence-electron chi connectivity index (χ1n) is 6.76. The number of rotatable bonds is 3. The van der Waals surface area contributed by atoms with Crippen LogP contribution in [0.1, 0.15) is 11.1 Å². The number of hydrogen-bond donors (Lipinski definition) is 1. The molecule has 0 saturated carbocycles. The number of ether oxygens (including phenoxy) is 2. The van der Waals surface area contributed by atoms with Gasteiger partial charge in [0.25, 0.3) is 0 Å². The molecule has 0 aromatic heterocycles. The number of nitrogens with zero attached hydrogens (tertiary/aromatic N) is 1. The van der Waals surface area contributed by atoms with Crippen LogP contribution in [0.2, 0.25) is 5.02 Å². The van der Waals surface area contributed by atoms with Gasteiger partial charge < -0.3 is 15.2 Å². The number of benzene rings is 2. The van der Waals surface area contributed by atoms with Crippen LogP contribution in [0.25, 0.3) is 0 Å². The maximum atomic E-state index is 6.15. The molecule has 22 heavy (non-hydrogen) atoms. The molecular formula is C16H15ClN2O2S. The molecule has 0 spiro atoms. The van der Waals surface area contributed by atoms with Gasteiger partial charge in [0.1, 0.15) is 5.75 Å². The molecule has 6 heteroatoms. The number of amidine groups is 1. The highest BCUT2D eigenvalue weighted by Crippen LogP contribution is 2.34. The molecule has 0 amide bonds. The highest BCUT2D eigenvalue weighted by Gasteiger charge is 2.16. The largest absolute Gasteiger partial charge is 0.467 e. The minimum Gasteiger partial charge on any atom is -0.467 e. The Hall–Kier alpha value is -1.69. The van der Waals surface area contributed by atoms with Crippen LogP contribution in [0.3, 0.4) is 0 Å². The summed E-state index contributed by atoms with van der Waals surface area (Å²) in [4.78, 5) is 4.37. The number of para-hydroxylation sites is 1. The lowest BCUT2D eigenvalue weighted by molar-refractivity contribution is -0.0168. The average molecular weight is 335 g/mol. The zero-order valence-electron chi connectivity index (χ0n) is 11.8. The van der Waals surface area contributed by atoms with E-state index in [2.05, 4.69) is 4.99 Å². The monoisotopic (exact) mass is 334 g/mol. The smallest absolute Gasteiger partial charge is 0.189 e. The molecule has 3 rings (SSSR count). The van der Waals surface area contributed by atoms with Crippen molar-refractivity contribution in [3.05, 3.63) is 58.6 Å². The molecule has 114 valence electrons. The highest BCUT2D eigenvalue weighted by molar-refractivity contribution is 8.13. The van der Waals surface area contributed by atoms with Gasteiger partial charge in [-0.1, -0.05) is 41.6 Å². The Balaban J connectivity index is 1.74. The first kappa shape index (κ1) is 15.2. The second kappa shape index (κ2) is 7.05. The van der Waals surface area contributed by atoms with Gasteiger partial charge in [-0.3, -0.25) is 0 Å². The summed E-state index contributed by atoms with van der Waals surface area (Å²) in [7, 11) is 0. The molecule has 0 aliphatic carbocycles. The standard InChI is InChI=1S/C16H15ClN2O2S/c17-13-6-11-8-20-10-21-15(11)12(7-13)9-22-16(18)19-14-4-2-1-3-5-14/h1-7H,8-10H2,(H2,18,19). The molecule has 0 fully saturated rings.